The summed E-state index contributed by atoms with van der Waals surface area (Å²) in [4.78, 5) is 6.89. The maximum atomic E-state index is 5.61. The molecule has 0 spiro atoms. The lowest BCUT2D eigenvalue weighted by atomic mass is 9.97. The number of aromatic nitrogens is 3. The van der Waals surface area contributed by atoms with Crippen molar-refractivity contribution < 1.29 is 9.15 Å². The fourth-order valence-corrected chi connectivity index (χ4v) is 2.92. The van der Waals surface area contributed by atoms with Crippen LogP contribution in [0.5, 0.6) is 0 Å². The predicted molar refractivity (Wildman–Crippen MR) is 85.5 cm³/mol. The first-order valence-electron chi connectivity index (χ1n) is 7.37. The molecule has 3 heterocycles. The van der Waals surface area contributed by atoms with E-state index >= 15 is 0 Å². The van der Waals surface area contributed by atoms with Gasteiger partial charge in [0.15, 0.2) is 5.13 Å². The number of rotatable bonds is 4. The van der Waals surface area contributed by atoms with Crippen molar-refractivity contribution >= 4 is 22.5 Å². The summed E-state index contributed by atoms with van der Waals surface area (Å²) in [6.07, 6.45) is 0. The Morgan fingerprint density at radius 1 is 1.27 bits per heavy atom. The molecule has 1 N–H and O–H groups in total. The van der Waals surface area contributed by atoms with E-state index in [-0.39, 0.29) is 5.41 Å². The number of nitrogens with zero attached hydrogens (tertiary/aromatic N) is 4. The predicted octanol–water partition coefficient (Wildman–Crippen LogP) is 2.27. The number of anilines is 2. The van der Waals surface area contributed by atoms with Crippen molar-refractivity contribution in [1.29, 1.82) is 0 Å². The van der Waals surface area contributed by atoms with Gasteiger partial charge in [-0.2, -0.15) is 0 Å². The summed E-state index contributed by atoms with van der Waals surface area (Å²) in [5.74, 6) is 0.627. The molecule has 0 aliphatic carbocycles. The van der Waals surface area contributed by atoms with E-state index < -0.39 is 0 Å². The van der Waals surface area contributed by atoms with Gasteiger partial charge >= 0.3 is 6.01 Å². The minimum absolute atomic E-state index is 0.142. The van der Waals surface area contributed by atoms with Gasteiger partial charge in [-0.15, -0.1) is 16.4 Å². The highest BCUT2D eigenvalue weighted by Gasteiger charge is 2.21. The quantitative estimate of drug-likeness (QED) is 0.925. The van der Waals surface area contributed by atoms with Gasteiger partial charge in [-0.1, -0.05) is 25.9 Å². The van der Waals surface area contributed by atoms with Crippen molar-refractivity contribution in [2.75, 3.05) is 36.5 Å². The van der Waals surface area contributed by atoms with E-state index in [0.29, 0.717) is 18.5 Å². The number of ether oxygens (including phenoxy) is 1. The van der Waals surface area contributed by atoms with Crippen LogP contribution in [0.3, 0.4) is 0 Å². The van der Waals surface area contributed by atoms with Gasteiger partial charge in [0.25, 0.3) is 0 Å². The first-order chi connectivity index (χ1) is 10.5. The second-order valence-corrected chi connectivity index (χ2v) is 7.07. The Labute approximate surface area is 133 Å². The maximum Gasteiger partial charge on any atom is 0.315 e. The fourth-order valence-electron chi connectivity index (χ4n) is 2.04. The molecule has 1 fully saturated rings. The summed E-state index contributed by atoms with van der Waals surface area (Å²) in [7, 11) is 0. The Kier molecular flexibility index (Phi) is 4.30. The lowest BCUT2D eigenvalue weighted by Crippen LogP contribution is -2.36. The van der Waals surface area contributed by atoms with Crippen molar-refractivity contribution in [2.24, 2.45) is 0 Å². The molecule has 0 unspecified atom stereocenters. The van der Waals surface area contributed by atoms with E-state index in [1.807, 2.05) is 20.8 Å². The van der Waals surface area contributed by atoms with Gasteiger partial charge in [0, 0.05) is 23.9 Å². The summed E-state index contributed by atoms with van der Waals surface area (Å²) < 4.78 is 11.0. The van der Waals surface area contributed by atoms with Crippen LogP contribution in [0.1, 0.15) is 32.4 Å². The third kappa shape index (κ3) is 3.56. The van der Waals surface area contributed by atoms with E-state index in [1.54, 1.807) is 11.3 Å². The second-order valence-electron chi connectivity index (χ2n) is 6.24. The highest BCUT2D eigenvalue weighted by atomic mass is 32.1. The Balaban J connectivity index is 1.57. The minimum atomic E-state index is -0.142. The third-order valence-electron chi connectivity index (χ3n) is 3.31. The Morgan fingerprint density at radius 3 is 2.73 bits per heavy atom. The van der Waals surface area contributed by atoms with Crippen molar-refractivity contribution in [2.45, 2.75) is 32.7 Å². The normalized spacial score (nSPS) is 16.0. The Hall–Kier alpha value is -1.67. The van der Waals surface area contributed by atoms with Crippen LogP contribution in [0.2, 0.25) is 0 Å². The monoisotopic (exact) mass is 323 g/mol. The highest BCUT2D eigenvalue weighted by molar-refractivity contribution is 7.13. The molecule has 2 aromatic rings. The summed E-state index contributed by atoms with van der Waals surface area (Å²) in [6.45, 7) is 10.0. The second kappa shape index (κ2) is 6.21. The fraction of sp³-hybridized carbons (Fsp3) is 0.643. The zero-order valence-corrected chi connectivity index (χ0v) is 13.9. The molecule has 7 nitrogen and oxygen atoms in total. The maximum absolute atomic E-state index is 5.61. The van der Waals surface area contributed by atoms with Gasteiger partial charge in [-0.3, -0.25) is 0 Å². The number of thiazole rings is 1. The van der Waals surface area contributed by atoms with Crippen LogP contribution in [0.25, 0.3) is 0 Å². The van der Waals surface area contributed by atoms with E-state index in [4.69, 9.17) is 9.15 Å². The Bertz CT molecular complexity index is 613. The average molecular weight is 323 g/mol. The van der Waals surface area contributed by atoms with Crippen LogP contribution in [0.4, 0.5) is 11.1 Å². The number of hydrogen-bond donors (Lipinski definition) is 1. The molecule has 8 heteroatoms. The summed E-state index contributed by atoms with van der Waals surface area (Å²) in [6, 6.07) is 0.436. The standard InChI is InChI=1S/C14H21N5O2S/c1-14(2,3)11-17-18-12(21-11)15-8-10-9-22-13(16-10)19-4-6-20-7-5-19/h9H,4-8H2,1-3H3,(H,15,18). The smallest absolute Gasteiger partial charge is 0.315 e. The lowest BCUT2D eigenvalue weighted by Gasteiger charge is -2.26. The van der Waals surface area contributed by atoms with Crippen molar-refractivity contribution in [3.63, 3.8) is 0 Å². The van der Waals surface area contributed by atoms with Gasteiger partial charge in [0.05, 0.1) is 25.5 Å². The molecule has 0 bridgehead atoms. The van der Waals surface area contributed by atoms with Crippen LogP contribution in [-0.4, -0.2) is 41.5 Å². The number of hydrogen-bond acceptors (Lipinski definition) is 8. The molecule has 120 valence electrons. The first kappa shape index (κ1) is 15.2. The molecule has 3 rings (SSSR count). The van der Waals surface area contributed by atoms with E-state index in [1.165, 1.54) is 0 Å². The zero-order chi connectivity index (χ0) is 15.6. The van der Waals surface area contributed by atoms with Crippen LogP contribution >= 0.6 is 11.3 Å². The van der Waals surface area contributed by atoms with Gasteiger partial charge < -0.3 is 19.4 Å². The lowest BCUT2D eigenvalue weighted by molar-refractivity contribution is 0.122. The van der Waals surface area contributed by atoms with Crippen molar-refractivity contribution in [3.05, 3.63) is 17.0 Å². The largest absolute Gasteiger partial charge is 0.408 e. The minimum Gasteiger partial charge on any atom is -0.408 e. The van der Waals surface area contributed by atoms with E-state index in [9.17, 15) is 0 Å². The molecule has 0 radical (unpaired) electrons. The molecular formula is C14H21N5O2S. The molecule has 22 heavy (non-hydrogen) atoms. The van der Waals surface area contributed by atoms with Gasteiger partial charge in [-0.05, 0) is 0 Å². The number of nitrogens with one attached hydrogen (secondary N) is 1. The summed E-state index contributed by atoms with van der Waals surface area (Å²) in [5, 5.41) is 14.3. The summed E-state index contributed by atoms with van der Waals surface area (Å²) >= 11 is 1.65. The highest BCUT2D eigenvalue weighted by Crippen LogP contribution is 2.24. The first-order valence-corrected chi connectivity index (χ1v) is 8.25. The molecular weight excluding hydrogens is 302 g/mol. The topological polar surface area (TPSA) is 76.3 Å². The van der Waals surface area contributed by atoms with Crippen LogP contribution in [-0.2, 0) is 16.7 Å². The molecule has 0 aromatic carbocycles. The molecule has 0 atom stereocenters. The third-order valence-corrected chi connectivity index (χ3v) is 4.26. The molecule has 0 amide bonds. The number of morpholine rings is 1. The van der Waals surface area contributed by atoms with E-state index in [0.717, 1.165) is 37.1 Å². The SMILES string of the molecule is CC(C)(C)c1nnc(NCc2csc(N3CCOCC3)n2)o1. The molecule has 0 saturated carbocycles. The van der Waals surface area contributed by atoms with Crippen molar-refractivity contribution in [3.8, 4) is 0 Å². The molecule has 1 aliphatic heterocycles. The molecule has 1 saturated heterocycles. The van der Waals surface area contributed by atoms with Crippen LogP contribution in [0.15, 0.2) is 9.80 Å². The Morgan fingerprint density at radius 2 is 2.05 bits per heavy atom. The van der Waals surface area contributed by atoms with Gasteiger partial charge in [0.2, 0.25) is 5.89 Å². The van der Waals surface area contributed by atoms with Crippen LogP contribution in [0, 0.1) is 0 Å². The van der Waals surface area contributed by atoms with Gasteiger partial charge in [-0.25, -0.2) is 4.98 Å². The van der Waals surface area contributed by atoms with Gasteiger partial charge in [0.1, 0.15) is 0 Å². The summed E-state index contributed by atoms with van der Waals surface area (Å²) in [5.41, 5.74) is 0.832. The average Bonchev–Trinajstić information content (AvgIpc) is 3.15. The zero-order valence-electron chi connectivity index (χ0n) is 13.1. The molecule has 2 aromatic heterocycles. The molecule has 1 aliphatic rings. The van der Waals surface area contributed by atoms with Crippen molar-refractivity contribution in [1.82, 2.24) is 15.2 Å². The van der Waals surface area contributed by atoms with E-state index in [2.05, 4.69) is 30.8 Å². The van der Waals surface area contributed by atoms with Crippen LogP contribution < -0.4 is 10.2 Å².